The van der Waals surface area contributed by atoms with Crippen molar-refractivity contribution in [3.05, 3.63) is 0 Å². The smallest absolute Gasteiger partial charge is 0.225 e. The van der Waals surface area contributed by atoms with Gasteiger partial charge in [0.2, 0.25) is 5.91 Å². The molecular formula is C11H20ClNO. The lowest BCUT2D eigenvalue weighted by Crippen LogP contribution is -2.48. The molecule has 0 saturated heterocycles. The van der Waals surface area contributed by atoms with Crippen LogP contribution in [0.1, 0.15) is 39.5 Å². The fourth-order valence-electron chi connectivity index (χ4n) is 1.83. The fraction of sp³-hybridized carbons (Fsp3) is 0.909. The number of rotatable bonds is 3. The second-order valence-corrected chi connectivity index (χ2v) is 5.09. The summed E-state index contributed by atoms with van der Waals surface area (Å²) in [6.45, 7) is 4.01. The maximum atomic E-state index is 12.0. The van der Waals surface area contributed by atoms with Gasteiger partial charge in [-0.2, -0.15) is 0 Å². The topological polar surface area (TPSA) is 20.3 Å². The van der Waals surface area contributed by atoms with Gasteiger partial charge in [-0.1, -0.05) is 12.8 Å². The molecule has 1 fully saturated rings. The van der Waals surface area contributed by atoms with Crippen LogP contribution in [0, 0.1) is 5.92 Å². The van der Waals surface area contributed by atoms with Crippen molar-refractivity contribution in [3.8, 4) is 0 Å². The Labute approximate surface area is 91.6 Å². The lowest BCUT2D eigenvalue weighted by atomic mass is 10.0. The molecule has 2 nitrogen and oxygen atoms in total. The number of alkyl halides is 1. The van der Waals surface area contributed by atoms with Crippen molar-refractivity contribution in [2.45, 2.75) is 45.1 Å². The van der Waals surface area contributed by atoms with Crippen molar-refractivity contribution in [2.24, 2.45) is 5.92 Å². The van der Waals surface area contributed by atoms with E-state index in [1.807, 2.05) is 25.8 Å². The molecule has 0 atom stereocenters. The molecule has 1 amide bonds. The van der Waals surface area contributed by atoms with E-state index in [1.165, 1.54) is 12.8 Å². The molecule has 14 heavy (non-hydrogen) atoms. The summed E-state index contributed by atoms with van der Waals surface area (Å²) in [4.78, 5) is 13.8. The largest absolute Gasteiger partial charge is 0.339 e. The van der Waals surface area contributed by atoms with E-state index in [1.54, 1.807) is 0 Å². The van der Waals surface area contributed by atoms with E-state index in [0.29, 0.717) is 5.88 Å². The molecule has 3 heteroatoms. The molecule has 0 aromatic carbocycles. The van der Waals surface area contributed by atoms with Gasteiger partial charge in [0.05, 0.1) is 5.54 Å². The molecule has 0 aromatic rings. The first kappa shape index (κ1) is 11.8. The normalized spacial score (nSPS) is 18.6. The Balaban J connectivity index is 2.59. The summed E-state index contributed by atoms with van der Waals surface area (Å²) in [5, 5.41) is 0. The molecule has 0 aromatic heterocycles. The Morgan fingerprint density at radius 2 is 1.93 bits per heavy atom. The summed E-state index contributed by atoms with van der Waals surface area (Å²) in [6.07, 6.45) is 4.51. The predicted octanol–water partition coefficient (Wildman–Crippen LogP) is 2.65. The molecule has 1 aliphatic rings. The zero-order valence-electron chi connectivity index (χ0n) is 9.35. The Hall–Kier alpha value is -0.240. The third-order valence-corrected chi connectivity index (χ3v) is 3.92. The molecule has 0 radical (unpaired) electrons. The first-order valence-electron chi connectivity index (χ1n) is 5.32. The van der Waals surface area contributed by atoms with Crippen LogP contribution < -0.4 is 0 Å². The first-order chi connectivity index (χ1) is 6.49. The van der Waals surface area contributed by atoms with E-state index in [2.05, 4.69) is 0 Å². The zero-order valence-corrected chi connectivity index (χ0v) is 10.1. The predicted molar refractivity (Wildman–Crippen MR) is 59.5 cm³/mol. The van der Waals surface area contributed by atoms with Crippen molar-refractivity contribution in [1.82, 2.24) is 4.90 Å². The third kappa shape index (κ3) is 2.41. The highest BCUT2D eigenvalue weighted by atomic mass is 35.5. The van der Waals surface area contributed by atoms with Gasteiger partial charge in [-0.15, -0.1) is 11.6 Å². The second kappa shape index (κ2) is 4.52. The number of amides is 1. The van der Waals surface area contributed by atoms with Crippen LogP contribution in [-0.4, -0.2) is 29.3 Å². The third-order valence-electron chi connectivity index (χ3n) is 3.27. The number of hydrogen-bond acceptors (Lipinski definition) is 1. The van der Waals surface area contributed by atoms with Gasteiger partial charge in [0, 0.05) is 18.8 Å². The molecular weight excluding hydrogens is 198 g/mol. The van der Waals surface area contributed by atoms with Gasteiger partial charge in [-0.25, -0.2) is 0 Å². The van der Waals surface area contributed by atoms with Crippen molar-refractivity contribution < 1.29 is 4.79 Å². The summed E-state index contributed by atoms with van der Waals surface area (Å²) < 4.78 is 0. The maximum absolute atomic E-state index is 12.0. The molecule has 1 saturated carbocycles. The maximum Gasteiger partial charge on any atom is 0.225 e. The monoisotopic (exact) mass is 217 g/mol. The van der Waals surface area contributed by atoms with Crippen LogP contribution in [0.4, 0.5) is 0 Å². The van der Waals surface area contributed by atoms with Gasteiger partial charge in [0.15, 0.2) is 0 Å². The van der Waals surface area contributed by atoms with Crippen LogP contribution in [0.2, 0.25) is 0 Å². The van der Waals surface area contributed by atoms with E-state index >= 15 is 0 Å². The van der Waals surface area contributed by atoms with Gasteiger partial charge in [0.1, 0.15) is 0 Å². The van der Waals surface area contributed by atoms with Crippen molar-refractivity contribution in [3.63, 3.8) is 0 Å². The highest BCUT2D eigenvalue weighted by Crippen LogP contribution is 2.28. The molecule has 0 N–H and O–H groups in total. The summed E-state index contributed by atoms with van der Waals surface area (Å²) in [6, 6.07) is 0. The Morgan fingerprint density at radius 3 is 2.36 bits per heavy atom. The average Bonchev–Trinajstić information content (AvgIpc) is 2.68. The van der Waals surface area contributed by atoms with E-state index < -0.39 is 0 Å². The van der Waals surface area contributed by atoms with Crippen molar-refractivity contribution in [2.75, 3.05) is 12.9 Å². The van der Waals surface area contributed by atoms with Crippen LogP contribution in [0.3, 0.4) is 0 Å². The van der Waals surface area contributed by atoms with Gasteiger partial charge in [-0.05, 0) is 26.7 Å². The molecule has 0 bridgehead atoms. The number of carbonyl (C=O) groups is 1. The lowest BCUT2D eigenvalue weighted by Gasteiger charge is -2.35. The van der Waals surface area contributed by atoms with Crippen molar-refractivity contribution >= 4 is 17.5 Å². The van der Waals surface area contributed by atoms with E-state index in [4.69, 9.17) is 11.6 Å². The summed E-state index contributed by atoms with van der Waals surface area (Å²) in [5.74, 6) is 1.01. The van der Waals surface area contributed by atoms with Gasteiger partial charge in [-0.3, -0.25) is 4.79 Å². The van der Waals surface area contributed by atoms with E-state index in [-0.39, 0.29) is 17.4 Å². The minimum absolute atomic E-state index is 0.221. The standard InChI is InChI=1S/C11H20ClNO/c1-11(2,8-12)13(3)10(14)9-6-4-5-7-9/h9H,4-8H2,1-3H3. The summed E-state index contributed by atoms with van der Waals surface area (Å²) in [5.41, 5.74) is -0.221. The lowest BCUT2D eigenvalue weighted by molar-refractivity contribution is -0.138. The highest BCUT2D eigenvalue weighted by molar-refractivity contribution is 6.18. The van der Waals surface area contributed by atoms with Gasteiger partial charge >= 0.3 is 0 Å². The Kier molecular flexibility index (Phi) is 3.82. The summed E-state index contributed by atoms with van der Waals surface area (Å²) in [7, 11) is 1.86. The summed E-state index contributed by atoms with van der Waals surface area (Å²) >= 11 is 5.84. The van der Waals surface area contributed by atoms with Crippen LogP contribution in [0.15, 0.2) is 0 Å². The minimum atomic E-state index is -0.221. The van der Waals surface area contributed by atoms with Crippen LogP contribution in [-0.2, 0) is 4.79 Å². The molecule has 0 heterocycles. The Morgan fingerprint density at radius 1 is 1.43 bits per heavy atom. The molecule has 82 valence electrons. The van der Waals surface area contributed by atoms with E-state index in [9.17, 15) is 4.79 Å². The molecule has 0 spiro atoms. The number of halogens is 1. The first-order valence-corrected chi connectivity index (χ1v) is 5.86. The Bertz CT molecular complexity index is 209. The zero-order chi connectivity index (χ0) is 10.8. The molecule has 0 unspecified atom stereocenters. The molecule has 0 aliphatic heterocycles. The highest BCUT2D eigenvalue weighted by Gasteiger charge is 2.32. The fourth-order valence-corrected chi connectivity index (χ4v) is 2.01. The van der Waals surface area contributed by atoms with Crippen LogP contribution >= 0.6 is 11.6 Å². The van der Waals surface area contributed by atoms with Gasteiger partial charge in [0.25, 0.3) is 0 Å². The van der Waals surface area contributed by atoms with Gasteiger partial charge < -0.3 is 4.90 Å². The number of carbonyl (C=O) groups excluding carboxylic acids is 1. The molecule has 1 rings (SSSR count). The van der Waals surface area contributed by atoms with Crippen LogP contribution in [0.25, 0.3) is 0 Å². The quantitative estimate of drug-likeness (QED) is 0.666. The SMILES string of the molecule is CN(C(=O)C1CCCC1)C(C)(C)CCl. The average molecular weight is 218 g/mol. The molecule has 1 aliphatic carbocycles. The van der Waals surface area contributed by atoms with E-state index in [0.717, 1.165) is 12.8 Å². The van der Waals surface area contributed by atoms with Crippen LogP contribution in [0.5, 0.6) is 0 Å². The number of hydrogen-bond donors (Lipinski definition) is 0. The van der Waals surface area contributed by atoms with Crippen molar-refractivity contribution in [1.29, 1.82) is 0 Å². The minimum Gasteiger partial charge on any atom is -0.339 e. The second-order valence-electron chi connectivity index (χ2n) is 4.82. The number of nitrogens with zero attached hydrogens (tertiary/aromatic N) is 1.